The van der Waals surface area contributed by atoms with Crippen molar-refractivity contribution in [2.75, 3.05) is 6.61 Å². The van der Waals surface area contributed by atoms with Crippen LogP contribution in [0.1, 0.15) is 17.4 Å². The van der Waals surface area contributed by atoms with E-state index in [1.54, 1.807) is 6.07 Å². The number of ether oxygens (including phenoxy) is 1. The van der Waals surface area contributed by atoms with E-state index in [9.17, 15) is 23.4 Å². The van der Waals surface area contributed by atoms with Gasteiger partial charge in [0.1, 0.15) is 11.9 Å². The Morgan fingerprint density at radius 2 is 1.88 bits per heavy atom. The summed E-state index contributed by atoms with van der Waals surface area (Å²) in [6.07, 6.45) is -4.47. The quantitative estimate of drug-likeness (QED) is 0.634. The van der Waals surface area contributed by atoms with Crippen molar-refractivity contribution in [2.24, 2.45) is 5.73 Å². The van der Waals surface area contributed by atoms with Gasteiger partial charge in [-0.3, -0.25) is 0 Å². The zero-order valence-electron chi connectivity index (χ0n) is 13.3. The van der Waals surface area contributed by atoms with E-state index in [-0.39, 0.29) is 12.3 Å². The van der Waals surface area contributed by atoms with Crippen molar-refractivity contribution >= 4 is 11.0 Å². The van der Waals surface area contributed by atoms with Gasteiger partial charge in [0, 0.05) is 18.1 Å². The topological polar surface area (TPSA) is 106 Å². The van der Waals surface area contributed by atoms with Gasteiger partial charge in [-0.2, -0.15) is 5.10 Å². The average Bonchev–Trinajstić information content (AvgIpc) is 2.99. The molecule has 0 spiro atoms. The molecule has 0 aliphatic carbocycles. The number of aromatic nitrogens is 3. The van der Waals surface area contributed by atoms with Crippen molar-refractivity contribution in [3.63, 3.8) is 0 Å². The first-order valence-corrected chi connectivity index (χ1v) is 7.55. The lowest BCUT2D eigenvalue weighted by molar-refractivity contribution is -0.274. The number of benzene rings is 1. The molecule has 4 N–H and O–H groups in total. The van der Waals surface area contributed by atoms with E-state index in [0.29, 0.717) is 28.0 Å². The smallest absolute Gasteiger partial charge is 0.406 e. The third-order valence-corrected chi connectivity index (χ3v) is 3.71. The highest BCUT2D eigenvalue weighted by molar-refractivity contribution is 5.84. The molecule has 0 fully saturated rings. The zero-order chi connectivity index (χ0) is 18.9. The van der Waals surface area contributed by atoms with Crippen molar-refractivity contribution in [1.82, 2.24) is 14.8 Å². The molecule has 10 heteroatoms. The normalized spacial score (nSPS) is 13.2. The van der Waals surface area contributed by atoms with Crippen LogP contribution in [0.5, 0.6) is 5.75 Å². The summed E-state index contributed by atoms with van der Waals surface area (Å²) >= 11 is 0. The predicted molar refractivity (Wildman–Crippen MR) is 85.5 cm³/mol. The average molecular weight is 368 g/mol. The molecule has 0 aliphatic rings. The Balaban J connectivity index is 2.08. The molecular formula is C16H15F3N4O3. The SMILES string of the molecule is NCc1nn(-c2ccc(OC(F)(F)F)cc2)c2nccc([C@H](O)CO)c12. The number of aliphatic hydroxyl groups excluding tert-OH is 2. The van der Waals surface area contributed by atoms with Gasteiger partial charge in [0.25, 0.3) is 0 Å². The fourth-order valence-corrected chi connectivity index (χ4v) is 2.63. The number of halogens is 3. The van der Waals surface area contributed by atoms with Gasteiger partial charge in [-0.05, 0) is 35.9 Å². The first-order chi connectivity index (χ1) is 12.3. The van der Waals surface area contributed by atoms with Gasteiger partial charge in [0.05, 0.1) is 18.0 Å². The minimum absolute atomic E-state index is 0.0512. The van der Waals surface area contributed by atoms with E-state index >= 15 is 0 Å². The summed E-state index contributed by atoms with van der Waals surface area (Å²) in [7, 11) is 0. The lowest BCUT2D eigenvalue weighted by atomic mass is 10.1. The molecule has 1 aromatic carbocycles. The van der Waals surface area contributed by atoms with E-state index in [2.05, 4.69) is 14.8 Å². The monoisotopic (exact) mass is 368 g/mol. The molecule has 1 atom stereocenters. The fraction of sp³-hybridized carbons (Fsp3) is 0.250. The van der Waals surface area contributed by atoms with Crippen molar-refractivity contribution in [3.8, 4) is 11.4 Å². The number of hydrogen-bond acceptors (Lipinski definition) is 6. The molecule has 2 aromatic heterocycles. The molecule has 3 rings (SSSR count). The number of fused-ring (bicyclic) bond motifs is 1. The van der Waals surface area contributed by atoms with Gasteiger partial charge in [-0.15, -0.1) is 13.2 Å². The Morgan fingerprint density at radius 1 is 1.19 bits per heavy atom. The summed E-state index contributed by atoms with van der Waals surface area (Å²) in [5.74, 6) is -0.360. The number of pyridine rings is 1. The van der Waals surface area contributed by atoms with Gasteiger partial charge >= 0.3 is 6.36 Å². The maximum absolute atomic E-state index is 12.3. The zero-order valence-corrected chi connectivity index (χ0v) is 13.3. The number of rotatable bonds is 5. The summed E-state index contributed by atoms with van der Waals surface area (Å²) in [5.41, 5.74) is 7.37. The molecule has 0 amide bonds. The van der Waals surface area contributed by atoms with E-state index < -0.39 is 19.1 Å². The van der Waals surface area contributed by atoms with Crippen LogP contribution in [0.15, 0.2) is 36.5 Å². The van der Waals surface area contributed by atoms with Crippen LogP contribution in [0, 0.1) is 0 Å². The summed E-state index contributed by atoms with van der Waals surface area (Å²) in [5, 5.41) is 24.0. The first kappa shape index (κ1) is 18.1. The maximum Gasteiger partial charge on any atom is 0.573 e. The summed E-state index contributed by atoms with van der Waals surface area (Å²) in [4.78, 5) is 4.23. The number of alkyl halides is 3. The van der Waals surface area contributed by atoms with E-state index in [0.717, 1.165) is 12.1 Å². The predicted octanol–water partition coefficient (Wildman–Crippen LogP) is 1.80. The van der Waals surface area contributed by atoms with Crippen molar-refractivity contribution in [3.05, 3.63) is 47.8 Å². The van der Waals surface area contributed by atoms with Crippen LogP contribution in [-0.2, 0) is 6.54 Å². The standard InChI is InChI=1S/C16H15F3N4O3/c17-16(18,19)26-10-3-1-9(2-4-10)23-15-14(12(7-20)22-23)11(5-6-21-15)13(25)8-24/h1-6,13,24-25H,7-8,20H2/t13-/m1/s1. The molecule has 138 valence electrons. The minimum Gasteiger partial charge on any atom is -0.406 e. The fourth-order valence-electron chi connectivity index (χ4n) is 2.63. The van der Waals surface area contributed by atoms with Gasteiger partial charge in [-0.1, -0.05) is 0 Å². The molecule has 3 aromatic rings. The third-order valence-electron chi connectivity index (χ3n) is 3.71. The highest BCUT2D eigenvalue weighted by Gasteiger charge is 2.31. The Bertz CT molecular complexity index is 909. The van der Waals surface area contributed by atoms with Crippen molar-refractivity contribution in [1.29, 1.82) is 0 Å². The van der Waals surface area contributed by atoms with Gasteiger partial charge in [-0.25, -0.2) is 9.67 Å². The van der Waals surface area contributed by atoms with Crippen molar-refractivity contribution < 1.29 is 28.1 Å². The molecular weight excluding hydrogens is 353 g/mol. The van der Waals surface area contributed by atoms with Gasteiger partial charge in [0.15, 0.2) is 5.65 Å². The molecule has 0 unspecified atom stereocenters. The first-order valence-electron chi connectivity index (χ1n) is 7.55. The minimum atomic E-state index is -4.77. The molecule has 0 saturated heterocycles. The van der Waals surface area contributed by atoms with Crippen LogP contribution < -0.4 is 10.5 Å². The van der Waals surface area contributed by atoms with Crippen LogP contribution in [0.4, 0.5) is 13.2 Å². The van der Waals surface area contributed by atoms with E-state index in [4.69, 9.17) is 5.73 Å². The Morgan fingerprint density at radius 3 is 2.46 bits per heavy atom. The summed E-state index contributed by atoms with van der Waals surface area (Å²) in [6, 6.07) is 6.65. The molecule has 2 heterocycles. The second-order valence-electron chi connectivity index (χ2n) is 5.40. The third kappa shape index (κ3) is 3.47. The van der Waals surface area contributed by atoms with Crippen LogP contribution in [0.3, 0.4) is 0 Å². The molecule has 0 aliphatic heterocycles. The molecule has 0 radical (unpaired) electrons. The molecule has 7 nitrogen and oxygen atoms in total. The van der Waals surface area contributed by atoms with E-state index in [1.807, 2.05) is 0 Å². The molecule has 0 bridgehead atoms. The van der Waals surface area contributed by atoms with Gasteiger partial charge < -0.3 is 20.7 Å². The maximum atomic E-state index is 12.3. The second kappa shape index (κ2) is 6.90. The van der Waals surface area contributed by atoms with Gasteiger partial charge in [0.2, 0.25) is 0 Å². The number of nitrogens with two attached hydrogens (primary N) is 1. The van der Waals surface area contributed by atoms with Crippen LogP contribution >= 0.6 is 0 Å². The lowest BCUT2D eigenvalue weighted by Gasteiger charge is -2.10. The lowest BCUT2D eigenvalue weighted by Crippen LogP contribution is -2.17. The summed E-state index contributed by atoms with van der Waals surface area (Å²) < 4.78 is 42.1. The molecule has 0 saturated carbocycles. The number of aliphatic hydroxyl groups is 2. The Labute approximate surface area is 145 Å². The second-order valence-corrected chi connectivity index (χ2v) is 5.40. The Kier molecular flexibility index (Phi) is 4.81. The van der Waals surface area contributed by atoms with Crippen LogP contribution in [0.2, 0.25) is 0 Å². The number of nitrogens with zero attached hydrogens (tertiary/aromatic N) is 3. The largest absolute Gasteiger partial charge is 0.573 e. The highest BCUT2D eigenvalue weighted by atomic mass is 19.4. The van der Waals surface area contributed by atoms with E-state index in [1.165, 1.54) is 23.0 Å². The van der Waals surface area contributed by atoms with Crippen LogP contribution in [-0.4, -0.2) is 37.9 Å². The van der Waals surface area contributed by atoms with Crippen molar-refractivity contribution in [2.45, 2.75) is 19.0 Å². The summed E-state index contributed by atoms with van der Waals surface area (Å²) in [6.45, 7) is -0.437. The number of hydrogen-bond donors (Lipinski definition) is 3. The Hall–Kier alpha value is -2.69. The molecule has 26 heavy (non-hydrogen) atoms. The highest BCUT2D eigenvalue weighted by Crippen LogP contribution is 2.29. The van der Waals surface area contributed by atoms with Crippen LogP contribution in [0.25, 0.3) is 16.7 Å².